The van der Waals surface area contributed by atoms with Crippen LogP contribution in [-0.2, 0) is 11.3 Å². The molecule has 0 fully saturated rings. The predicted octanol–water partition coefficient (Wildman–Crippen LogP) is 3.88. The molecule has 0 spiro atoms. The van der Waals surface area contributed by atoms with Gasteiger partial charge in [-0.05, 0) is 28.9 Å². The molecule has 2 rings (SSSR count). The number of ether oxygens (including phenoxy) is 1. The molecule has 0 aliphatic carbocycles. The van der Waals surface area contributed by atoms with Crippen molar-refractivity contribution in [2.75, 3.05) is 6.61 Å². The maximum atomic E-state index is 5.82. The highest BCUT2D eigenvalue weighted by Gasteiger charge is 2.14. The first-order valence-corrected chi connectivity index (χ1v) is 10.9. The van der Waals surface area contributed by atoms with Gasteiger partial charge < -0.3 is 9.72 Å². The molecule has 2 aromatic rings. The van der Waals surface area contributed by atoms with Crippen molar-refractivity contribution in [1.29, 1.82) is 0 Å². The standard InChI is InChI=1S/C13H20BrN3OSi/c1-9-16-12-10(8-18-5-6-19(2,3)4)11(14)7-15-13(12)17-9/h7H,5-6,8H2,1-4H3,(H,15,16,17). The smallest absolute Gasteiger partial charge is 0.178 e. The van der Waals surface area contributed by atoms with Crippen LogP contribution < -0.4 is 0 Å². The number of rotatable bonds is 5. The van der Waals surface area contributed by atoms with Crippen LogP contribution in [0.2, 0.25) is 25.7 Å². The van der Waals surface area contributed by atoms with E-state index in [-0.39, 0.29) is 0 Å². The van der Waals surface area contributed by atoms with Gasteiger partial charge in [-0.15, -0.1) is 0 Å². The van der Waals surface area contributed by atoms with E-state index in [0.717, 1.165) is 33.6 Å². The zero-order valence-corrected chi connectivity index (χ0v) is 14.5. The molecule has 0 bridgehead atoms. The summed E-state index contributed by atoms with van der Waals surface area (Å²) in [6, 6.07) is 1.18. The number of halogens is 1. The van der Waals surface area contributed by atoms with E-state index in [4.69, 9.17) is 4.74 Å². The van der Waals surface area contributed by atoms with Gasteiger partial charge in [0.05, 0.1) is 12.1 Å². The number of fused-ring (bicyclic) bond motifs is 1. The van der Waals surface area contributed by atoms with Crippen molar-refractivity contribution >= 4 is 35.2 Å². The fourth-order valence-electron chi connectivity index (χ4n) is 1.79. The Labute approximate surface area is 123 Å². The average molecular weight is 342 g/mol. The number of imidazole rings is 1. The van der Waals surface area contributed by atoms with Crippen LogP contribution in [0, 0.1) is 6.92 Å². The van der Waals surface area contributed by atoms with Crippen molar-refractivity contribution in [3.63, 3.8) is 0 Å². The molecule has 0 aliphatic heterocycles. The zero-order valence-electron chi connectivity index (χ0n) is 11.9. The summed E-state index contributed by atoms with van der Waals surface area (Å²) >= 11 is 3.54. The van der Waals surface area contributed by atoms with Crippen LogP contribution in [0.25, 0.3) is 11.2 Å². The first kappa shape index (κ1) is 14.7. The second-order valence-corrected chi connectivity index (χ2v) is 12.4. The number of hydrogen-bond acceptors (Lipinski definition) is 3. The molecule has 104 valence electrons. The Kier molecular flexibility index (Phi) is 4.42. The van der Waals surface area contributed by atoms with Gasteiger partial charge in [0.2, 0.25) is 0 Å². The van der Waals surface area contributed by atoms with Crippen molar-refractivity contribution in [1.82, 2.24) is 15.0 Å². The van der Waals surface area contributed by atoms with Crippen LogP contribution in [0.15, 0.2) is 10.7 Å². The maximum absolute atomic E-state index is 5.82. The lowest BCUT2D eigenvalue weighted by Gasteiger charge is -2.15. The molecule has 2 heterocycles. The van der Waals surface area contributed by atoms with E-state index >= 15 is 0 Å². The van der Waals surface area contributed by atoms with Gasteiger partial charge in [-0.25, -0.2) is 9.97 Å². The molecule has 4 nitrogen and oxygen atoms in total. The van der Waals surface area contributed by atoms with Crippen molar-refractivity contribution in [2.24, 2.45) is 0 Å². The molecule has 0 unspecified atom stereocenters. The molecule has 0 aromatic carbocycles. The minimum atomic E-state index is -1.03. The summed E-state index contributed by atoms with van der Waals surface area (Å²) < 4.78 is 6.79. The largest absolute Gasteiger partial charge is 0.377 e. The highest BCUT2D eigenvalue weighted by Crippen LogP contribution is 2.24. The fraction of sp³-hybridized carbons (Fsp3) is 0.538. The lowest BCUT2D eigenvalue weighted by molar-refractivity contribution is 0.133. The second-order valence-electron chi connectivity index (χ2n) is 5.97. The van der Waals surface area contributed by atoms with E-state index < -0.39 is 8.07 Å². The van der Waals surface area contributed by atoms with Crippen LogP contribution in [-0.4, -0.2) is 29.6 Å². The van der Waals surface area contributed by atoms with Gasteiger partial charge in [0.1, 0.15) is 5.82 Å². The number of hydrogen-bond donors (Lipinski definition) is 1. The monoisotopic (exact) mass is 341 g/mol. The Hall–Kier alpha value is -0.723. The number of aromatic amines is 1. The minimum absolute atomic E-state index is 0.589. The normalized spacial score (nSPS) is 12.3. The number of aryl methyl sites for hydroxylation is 1. The molecule has 0 aliphatic rings. The molecule has 0 atom stereocenters. The molecule has 19 heavy (non-hydrogen) atoms. The Morgan fingerprint density at radius 3 is 2.79 bits per heavy atom. The number of pyridine rings is 1. The average Bonchev–Trinajstić information content (AvgIpc) is 2.66. The van der Waals surface area contributed by atoms with Gasteiger partial charge in [0.15, 0.2) is 5.65 Å². The van der Waals surface area contributed by atoms with Gasteiger partial charge in [-0.2, -0.15) is 0 Å². The molecule has 2 aromatic heterocycles. The molecule has 6 heteroatoms. The van der Waals surface area contributed by atoms with Crippen LogP contribution in [0.1, 0.15) is 11.4 Å². The van der Waals surface area contributed by atoms with E-state index in [1.54, 1.807) is 6.20 Å². The zero-order chi connectivity index (χ0) is 14.0. The van der Waals surface area contributed by atoms with Crippen LogP contribution in [0.5, 0.6) is 0 Å². The second kappa shape index (κ2) is 5.72. The third kappa shape index (κ3) is 3.87. The van der Waals surface area contributed by atoms with E-state index in [1.807, 2.05) is 6.92 Å². The molecule has 0 saturated heterocycles. The maximum Gasteiger partial charge on any atom is 0.178 e. The number of nitrogens with zero attached hydrogens (tertiary/aromatic N) is 2. The van der Waals surface area contributed by atoms with Crippen molar-refractivity contribution in [2.45, 2.75) is 39.2 Å². The van der Waals surface area contributed by atoms with Crippen LogP contribution in [0.4, 0.5) is 0 Å². The molecular formula is C13H20BrN3OSi. The highest BCUT2D eigenvalue weighted by atomic mass is 79.9. The lowest BCUT2D eigenvalue weighted by Crippen LogP contribution is -2.21. The number of aromatic nitrogens is 3. The summed E-state index contributed by atoms with van der Waals surface area (Å²) in [7, 11) is -1.03. The Balaban J connectivity index is 2.09. The molecular weight excluding hydrogens is 322 g/mol. The van der Waals surface area contributed by atoms with E-state index in [9.17, 15) is 0 Å². The topological polar surface area (TPSA) is 50.8 Å². The fourth-order valence-corrected chi connectivity index (χ4v) is 2.96. The Morgan fingerprint density at radius 2 is 2.11 bits per heavy atom. The summed E-state index contributed by atoms with van der Waals surface area (Å²) in [6.07, 6.45) is 1.79. The first-order valence-electron chi connectivity index (χ1n) is 6.44. The summed E-state index contributed by atoms with van der Waals surface area (Å²) in [6.45, 7) is 10.4. The lowest BCUT2D eigenvalue weighted by atomic mass is 10.2. The van der Waals surface area contributed by atoms with Gasteiger partial charge in [0.25, 0.3) is 0 Å². The van der Waals surface area contributed by atoms with E-state index in [1.165, 1.54) is 6.04 Å². The SMILES string of the molecule is Cc1nc2ncc(Br)c(COCC[Si](C)(C)C)c2[nH]1. The van der Waals surface area contributed by atoms with Gasteiger partial charge >= 0.3 is 0 Å². The van der Waals surface area contributed by atoms with Gasteiger partial charge in [0, 0.05) is 30.9 Å². The van der Waals surface area contributed by atoms with Crippen molar-refractivity contribution in [3.05, 3.63) is 22.1 Å². The third-order valence-electron chi connectivity index (χ3n) is 2.94. The highest BCUT2D eigenvalue weighted by molar-refractivity contribution is 9.10. The quantitative estimate of drug-likeness (QED) is 0.663. The minimum Gasteiger partial charge on any atom is -0.377 e. The molecule has 0 saturated carbocycles. The molecule has 1 N–H and O–H groups in total. The van der Waals surface area contributed by atoms with Crippen LogP contribution >= 0.6 is 15.9 Å². The van der Waals surface area contributed by atoms with Gasteiger partial charge in [-0.1, -0.05) is 19.6 Å². The third-order valence-corrected chi connectivity index (χ3v) is 5.32. The van der Waals surface area contributed by atoms with Gasteiger partial charge in [-0.3, -0.25) is 0 Å². The molecule has 0 radical (unpaired) electrons. The Morgan fingerprint density at radius 1 is 1.37 bits per heavy atom. The van der Waals surface area contributed by atoms with Crippen molar-refractivity contribution < 1.29 is 4.74 Å². The summed E-state index contributed by atoms with van der Waals surface area (Å²) in [5, 5.41) is 0. The first-order chi connectivity index (χ1) is 8.87. The van der Waals surface area contributed by atoms with E-state index in [0.29, 0.717) is 6.61 Å². The van der Waals surface area contributed by atoms with Crippen molar-refractivity contribution in [3.8, 4) is 0 Å². The summed E-state index contributed by atoms with van der Waals surface area (Å²) in [5.41, 5.74) is 2.82. The summed E-state index contributed by atoms with van der Waals surface area (Å²) in [4.78, 5) is 11.9. The van der Waals surface area contributed by atoms with Crippen LogP contribution in [0.3, 0.4) is 0 Å². The number of nitrogens with one attached hydrogen (secondary N) is 1. The summed E-state index contributed by atoms with van der Waals surface area (Å²) in [5.74, 6) is 0.879. The predicted molar refractivity (Wildman–Crippen MR) is 84.1 cm³/mol. The Bertz CT molecular complexity index is 577. The van der Waals surface area contributed by atoms with E-state index in [2.05, 4.69) is 50.5 Å². The number of H-pyrrole nitrogens is 1. The molecule has 0 amide bonds.